The van der Waals surface area contributed by atoms with E-state index >= 15 is 0 Å². The van der Waals surface area contributed by atoms with Crippen LogP contribution < -0.4 is 10.1 Å². The standard InChI is InChI=1S/C22H28N2O5/c1-4-20-8-5-10-24-11-9-21(17(20)24)14-7-6-13(28-2)12-15(14)23-16(21)22(27,18(20)25)19(26)29-3/h5-8,12,16-18,23,25,27H,4,9-11H2,1-3H3/t16-,17-,18+,20+,21-,22-/m0/s1. The molecule has 1 saturated carbocycles. The van der Waals surface area contributed by atoms with Crippen molar-refractivity contribution in [1.29, 1.82) is 0 Å². The fourth-order valence-electron chi connectivity index (χ4n) is 6.84. The Bertz CT molecular complexity index is 903. The summed E-state index contributed by atoms with van der Waals surface area (Å²) < 4.78 is 10.4. The Kier molecular flexibility index (Phi) is 3.89. The van der Waals surface area contributed by atoms with Crippen molar-refractivity contribution >= 4 is 11.7 Å². The minimum absolute atomic E-state index is 0.0305. The molecule has 3 N–H and O–H groups in total. The Balaban J connectivity index is 1.81. The number of rotatable bonds is 3. The molecule has 1 aliphatic carbocycles. The molecule has 5 rings (SSSR count). The number of nitrogens with zero attached hydrogens (tertiary/aromatic N) is 1. The summed E-state index contributed by atoms with van der Waals surface area (Å²) in [5.41, 5.74) is -1.45. The second kappa shape index (κ2) is 5.97. The third kappa shape index (κ3) is 1.96. The van der Waals surface area contributed by atoms with Gasteiger partial charge < -0.3 is 25.0 Å². The molecule has 0 radical (unpaired) electrons. The number of anilines is 1. The van der Waals surface area contributed by atoms with Crippen molar-refractivity contribution in [2.75, 3.05) is 32.6 Å². The van der Waals surface area contributed by atoms with Gasteiger partial charge in [-0.3, -0.25) is 4.90 Å². The number of fused-ring (bicyclic) bond motifs is 1. The number of ether oxygens (including phenoxy) is 2. The average molecular weight is 400 g/mol. The number of hydrogen-bond acceptors (Lipinski definition) is 7. The number of aliphatic hydroxyl groups excluding tert-OH is 1. The van der Waals surface area contributed by atoms with Crippen LogP contribution in [0.4, 0.5) is 5.69 Å². The highest BCUT2D eigenvalue weighted by Crippen LogP contribution is 2.65. The van der Waals surface area contributed by atoms with Crippen molar-refractivity contribution in [1.82, 2.24) is 4.90 Å². The van der Waals surface area contributed by atoms with E-state index < -0.39 is 34.5 Å². The van der Waals surface area contributed by atoms with Gasteiger partial charge in [0.15, 0.2) is 0 Å². The van der Waals surface area contributed by atoms with E-state index in [0.717, 1.165) is 30.8 Å². The molecule has 156 valence electrons. The van der Waals surface area contributed by atoms with Crippen LogP contribution in [0.1, 0.15) is 25.3 Å². The second-order valence-corrected chi connectivity index (χ2v) is 8.76. The first-order valence-corrected chi connectivity index (χ1v) is 10.3. The maximum atomic E-state index is 13.0. The lowest BCUT2D eigenvalue weighted by Gasteiger charge is -2.62. The number of carbonyl (C=O) groups is 1. The predicted octanol–water partition coefficient (Wildman–Crippen LogP) is 1.05. The lowest BCUT2D eigenvalue weighted by molar-refractivity contribution is -0.215. The van der Waals surface area contributed by atoms with Gasteiger partial charge in [-0.25, -0.2) is 4.79 Å². The van der Waals surface area contributed by atoms with Crippen LogP contribution in [0.5, 0.6) is 5.75 Å². The van der Waals surface area contributed by atoms with E-state index in [2.05, 4.69) is 16.3 Å². The van der Waals surface area contributed by atoms with Crippen LogP contribution in [-0.4, -0.2) is 72.2 Å². The molecule has 2 fully saturated rings. The summed E-state index contributed by atoms with van der Waals surface area (Å²) in [6, 6.07) is 5.15. The molecule has 6 atom stereocenters. The molecule has 4 aliphatic rings. The first kappa shape index (κ1) is 18.9. The van der Waals surface area contributed by atoms with Gasteiger partial charge in [0.1, 0.15) is 11.9 Å². The Labute approximate surface area is 170 Å². The van der Waals surface area contributed by atoms with E-state index in [1.54, 1.807) is 7.11 Å². The quantitative estimate of drug-likeness (QED) is 0.516. The molecule has 1 aromatic rings. The van der Waals surface area contributed by atoms with Crippen LogP contribution in [0, 0.1) is 5.41 Å². The number of methoxy groups -OCH3 is 2. The summed E-state index contributed by atoms with van der Waals surface area (Å²) in [5, 5.41) is 26.8. The third-order valence-corrected chi connectivity index (χ3v) is 7.98. The van der Waals surface area contributed by atoms with Crippen molar-refractivity contribution in [2.45, 2.75) is 49.0 Å². The van der Waals surface area contributed by atoms with E-state index in [1.807, 2.05) is 31.2 Å². The molecule has 7 nitrogen and oxygen atoms in total. The molecular weight excluding hydrogens is 372 g/mol. The lowest BCUT2D eigenvalue weighted by Crippen LogP contribution is -2.79. The van der Waals surface area contributed by atoms with E-state index in [4.69, 9.17) is 9.47 Å². The molecule has 3 heterocycles. The normalized spacial score (nSPS) is 41.9. The van der Waals surface area contributed by atoms with Crippen LogP contribution in [0.15, 0.2) is 30.4 Å². The molecule has 0 bridgehead atoms. The maximum absolute atomic E-state index is 13.0. The first-order chi connectivity index (χ1) is 13.9. The summed E-state index contributed by atoms with van der Waals surface area (Å²) in [6.45, 7) is 3.65. The zero-order valence-electron chi connectivity index (χ0n) is 17.0. The number of benzene rings is 1. The van der Waals surface area contributed by atoms with Gasteiger partial charge in [-0.1, -0.05) is 25.1 Å². The fraction of sp³-hybridized carbons (Fsp3) is 0.591. The van der Waals surface area contributed by atoms with Gasteiger partial charge >= 0.3 is 5.97 Å². The van der Waals surface area contributed by atoms with E-state index in [9.17, 15) is 15.0 Å². The van der Waals surface area contributed by atoms with Crippen LogP contribution in [0.2, 0.25) is 0 Å². The maximum Gasteiger partial charge on any atom is 0.342 e. The van der Waals surface area contributed by atoms with Crippen LogP contribution in [0.25, 0.3) is 0 Å². The average Bonchev–Trinajstić information content (AvgIpc) is 3.31. The molecule has 29 heavy (non-hydrogen) atoms. The predicted molar refractivity (Wildman–Crippen MR) is 107 cm³/mol. The van der Waals surface area contributed by atoms with Crippen LogP contribution >= 0.6 is 0 Å². The third-order valence-electron chi connectivity index (χ3n) is 7.98. The minimum Gasteiger partial charge on any atom is -0.497 e. The number of nitrogens with one attached hydrogen (secondary N) is 1. The number of esters is 1. The van der Waals surface area contributed by atoms with Crippen LogP contribution in [-0.2, 0) is 14.9 Å². The van der Waals surface area contributed by atoms with Crippen molar-refractivity contribution in [3.8, 4) is 5.75 Å². The summed E-state index contributed by atoms with van der Waals surface area (Å²) >= 11 is 0. The summed E-state index contributed by atoms with van der Waals surface area (Å²) in [4.78, 5) is 15.4. The zero-order chi connectivity index (χ0) is 20.6. The summed E-state index contributed by atoms with van der Waals surface area (Å²) in [7, 11) is 2.87. The minimum atomic E-state index is -2.08. The highest BCUT2D eigenvalue weighted by molar-refractivity contribution is 5.85. The Hall–Kier alpha value is -2.09. The van der Waals surface area contributed by atoms with Crippen LogP contribution in [0.3, 0.4) is 0 Å². The molecule has 1 aromatic carbocycles. The number of carbonyl (C=O) groups excluding carboxylic acids is 1. The first-order valence-electron chi connectivity index (χ1n) is 10.3. The molecule has 7 heteroatoms. The highest BCUT2D eigenvalue weighted by atomic mass is 16.5. The van der Waals surface area contributed by atoms with E-state index in [1.165, 1.54) is 7.11 Å². The summed E-state index contributed by atoms with van der Waals surface area (Å²) in [5.74, 6) is -0.0982. The molecule has 3 aliphatic heterocycles. The van der Waals surface area contributed by atoms with Gasteiger partial charge in [0.2, 0.25) is 5.60 Å². The van der Waals surface area contributed by atoms with E-state index in [-0.39, 0.29) is 6.04 Å². The van der Waals surface area contributed by atoms with Crippen molar-refractivity contribution in [3.05, 3.63) is 35.9 Å². The van der Waals surface area contributed by atoms with Crippen molar-refractivity contribution in [2.24, 2.45) is 5.41 Å². The molecule has 1 spiro atoms. The van der Waals surface area contributed by atoms with Gasteiger partial charge in [0, 0.05) is 35.2 Å². The number of aliphatic hydroxyl groups is 2. The van der Waals surface area contributed by atoms with Crippen molar-refractivity contribution < 1.29 is 24.5 Å². The zero-order valence-corrected chi connectivity index (χ0v) is 17.0. The van der Waals surface area contributed by atoms with E-state index in [0.29, 0.717) is 12.2 Å². The van der Waals surface area contributed by atoms with Gasteiger partial charge in [-0.15, -0.1) is 0 Å². The SMILES string of the molecule is CC[C@]12C=CCN3CC[C@@]4(c5ccc(OC)cc5N[C@@H]4[C@@](O)(C(=O)OC)[C@@H]1O)[C@@H]32. The molecule has 0 aromatic heterocycles. The Morgan fingerprint density at radius 3 is 2.86 bits per heavy atom. The van der Waals surface area contributed by atoms with Gasteiger partial charge in [-0.2, -0.15) is 0 Å². The largest absolute Gasteiger partial charge is 0.497 e. The molecular formula is C22H28N2O5. The van der Waals surface area contributed by atoms with Gasteiger partial charge in [0.05, 0.1) is 20.3 Å². The summed E-state index contributed by atoms with van der Waals surface area (Å²) in [6.07, 6.45) is 4.17. The monoisotopic (exact) mass is 400 g/mol. The Morgan fingerprint density at radius 2 is 2.17 bits per heavy atom. The Morgan fingerprint density at radius 1 is 1.38 bits per heavy atom. The molecule has 1 saturated heterocycles. The topological polar surface area (TPSA) is 91.3 Å². The number of hydrogen-bond donors (Lipinski definition) is 3. The molecule has 0 unspecified atom stereocenters. The van der Waals surface area contributed by atoms with Gasteiger partial charge in [0.25, 0.3) is 0 Å². The molecule has 0 amide bonds. The van der Waals surface area contributed by atoms with Gasteiger partial charge in [-0.05, 0) is 31.0 Å². The highest BCUT2D eigenvalue weighted by Gasteiger charge is 2.77. The van der Waals surface area contributed by atoms with Crippen molar-refractivity contribution in [3.63, 3.8) is 0 Å². The lowest BCUT2D eigenvalue weighted by atomic mass is 9.48. The fourth-order valence-corrected chi connectivity index (χ4v) is 6.84. The second-order valence-electron chi connectivity index (χ2n) is 8.76. The smallest absolute Gasteiger partial charge is 0.342 e.